The fourth-order valence-corrected chi connectivity index (χ4v) is 0.346. The maximum atomic E-state index is 11.7. The van der Waals surface area contributed by atoms with Crippen LogP contribution in [0.25, 0.3) is 0 Å². The first-order valence-corrected chi connectivity index (χ1v) is 2.79. The zero-order valence-electron chi connectivity index (χ0n) is 5.71. The van der Waals surface area contributed by atoms with Crippen molar-refractivity contribution >= 4 is 0 Å². The molecule has 68 valence electrons. The minimum absolute atomic E-state index is 0.392. The summed E-state index contributed by atoms with van der Waals surface area (Å²) in [4.78, 5) is 0. The smallest absolute Gasteiger partial charge is 0.320 e. The fraction of sp³-hybridized carbons (Fsp3) is 1.00. The monoisotopic (exact) mass is 178 g/mol. The molecular weight excluding hydrogens is 171 g/mol. The number of hydrogen-bond donors (Lipinski definition) is 0. The zero-order valence-corrected chi connectivity index (χ0v) is 5.71. The van der Waals surface area contributed by atoms with Gasteiger partial charge in [0.05, 0.1) is 13.0 Å². The lowest BCUT2D eigenvalue weighted by molar-refractivity contribution is -0.239. The van der Waals surface area contributed by atoms with E-state index in [1.54, 1.807) is 0 Å². The van der Waals surface area contributed by atoms with Crippen LogP contribution in [0.1, 0.15) is 13.3 Å². The first-order chi connectivity index (χ1) is 4.71. The molecule has 11 heavy (non-hydrogen) atoms. The molecule has 0 aromatic carbocycles. The second kappa shape index (κ2) is 3.34. The van der Waals surface area contributed by atoms with Gasteiger partial charge < -0.3 is 4.74 Å². The highest BCUT2D eigenvalue weighted by atomic mass is 19.4. The van der Waals surface area contributed by atoms with E-state index in [4.69, 9.17) is 0 Å². The Balaban J connectivity index is 3.44. The van der Waals surface area contributed by atoms with Crippen molar-refractivity contribution in [1.29, 1.82) is 0 Å². The summed E-state index contributed by atoms with van der Waals surface area (Å²) in [6.45, 7) is -0.615. The van der Waals surface area contributed by atoms with Crippen molar-refractivity contribution in [3.05, 3.63) is 0 Å². The molecule has 0 heterocycles. The highest BCUT2D eigenvalue weighted by Crippen LogP contribution is 2.21. The molecule has 0 aliphatic heterocycles. The van der Waals surface area contributed by atoms with E-state index in [1.807, 2.05) is 0 Å². The van der Waals surface area contributed by atoms with Crippen LogP contribution < -0.4 is 0 Å². The second-order valence-corrected chi connectivity index (χ2v) is 2.02. The van der Waals surface area contributed by atoms with Gasteiger partial charge in [0.25, 0.3) is 0 Å². The van der Waals surface area contributed by atoms with Gasteiger partial charge in [0.15, 0.2) is 0 Å². The van der Waals surface area contributed by atoms with Crippen molar-refractivity contribution in [2.24, 2.45) is 0 Å². The molecule has 0 N–H and O–H groups in total. The summed E-state index contributed by atoms with van der Waals surface area (Å²) in [5, 5.41) is 0. The van der Waals surface area contributed by atoms with E-state index in [1.165, 1.54) is 0 Å². The van der Waals surface area contributed by atoms with Gasteiger partial charge in [-0.05, 0) is 0 Å². The predicted octanol–water partition coefficient (Wildman–Crippen LogP) is 2.57. The molecule has 0 fully saturated rings. The summed E-state index contributed by atoms with van der Waals surface area (Å²) < 4.78 is 60.9. The van der Waals surface area contributed by atoms with Crippen molar-refractivity contribution in [2.75, 3.05) is 6.61 Å². The molecule has 0 bridgehead atoms. The van der Waals surface area contributed by atoms with Crippen LogP contribution in [0.4, 0.5) is 22.0 Å². The van der Waals surface area contributed by atoms with Gasteiger partial charge in [0.1, 0.15) is 0 Å². The predicted molar refractivity (Wildman–Crippen MR) is 27.2 cm³/mol. The van der Waals surface area contributed by atoms with Gasteiger partial charge in [-0.15, -0.1) is 0 Å². The van der Waals surface area contributed by atoms with Crippen LogP contribution in [0, 0.1) is 0 Å². The van der Waals surface area contributed by atoms with Crippen LogP contribution in [0.15, 0.2) is 0 Å². The van der Waals surface area contributed by atoms with Gasteiger partial charge in [-0.1, -0.05) is 0 Å². The highest BCUT2D eigenvalue weighted by Gasteiger charge is 2.29. The zero-order chi connectivity index (χ0) is 9.12. The van der Waals surface area contributed by atoms with E-state index in [9.17, 15) is 22.0 Å². The Labute approximate surface area is 60.1 Å². The Morgan fingerprint density at radius 1 is 1.09 bits per heavy atom. The third-order valence-electron chi connectivity index (χ3n) is 0.741. The Kier molecular flexibility index (Phi) is 3.22. The van der Waals surface area contributed by atoms with E-state index >= 15 is 0 Å². The molecule has 6 heteroatoms. The minimum atomic E-state index is -4.44. The maximum absolute atomic E-state index is 11.7. The van der Waals surface area contributed by atoms with Crippen LogP contribution in [0.5, 0.6) is 0 Å². The Bertz CT molecular complexity index is 99.0. The maximum Gasteiger partial charge on any atom is 0.391 e. The second-order valence-electron chi connectivity index (χ2n) is 2.02. The number of hydrogen-bond acceptors (Lipinski definition) is 1. The largest absolute Gasteiger partial charge is 0.391 e. The summed E-state index contributed by atoms with van der Waals surface area (Å²) >= 11 is 0. The topological polar surface area (TPSA) is 9.23 Å². The standard InChI is InChI=1S/C5H7F5O/c1-4(6,7)11-3-2-5(8,9)10/h2-3H2,1H3. The van der Waals surface area contributed by atoms with E-state index in [0.717, 1.165) is 0 Å². The van der Waals surface area contributed by atoms with Gasteiger partial charge in [0.2, 0.25) is 0 Å². The molecule has 0 aliphatic rings. The molecular formula is C5H7F5O. The average molecular weight is 178 g/mol. The summed E-state index contributed by atoms with van der Waals surface area (Å²) in [7, 11) is 0. The van der Waals surface area contributed by atoms with Crippen LogP contribution in [0.2, 0.25) is 0 Å². The summed E-state index contributed by atoms with van der Waals surface area (Å²) in [5.41, 5.74) is 0. The van der Waals surface area contributed by atoms with Crippen molar-refractivity contribution in [3.8, 4) is 0 Å². The van der Waals surface area contributed by atoms with Crippen LogP contribution >= 0.6 is 0 Å². The molecule has 0 spiro atoms. The van der Waals surface area contributed by atoms with Crippen LogP contribution in [0.3, 0.4) is 0 Å². The van der Waals surface area contributed by atoms with Gasteiger partial charge >= 0.3 is 12.3 Å². The minimum Gasteiger partial charge on any atom is -0.320 e. The quantitative estimate of drug-likeness (QED) is 0.603. The lowest BCUT2D eigenvalue weighted by Crippen LogP contribution is -2.20. The Morgan fingerprint density at radius 2 is 1.55 bits per heavy atom. The van der Waals surface area contributed by atoms with Crippen LogP contribution in [-0.4, -0.2) is 18.9 Å². The molecule has 0 atom stereocenters. The van der Waals surface area contributed by atoms with E-state index in [-0.39, 0.29) is 0 Å². The molecule has 0 rings (SSSR count). The summed E-state index contributed by atoms with van der Waals surface area (Å²) in [6.07, 6.45) is -9.27. The lowest BCUT2D eigenvalue weighted by Gasteiger charge is -2.11. The molecule has 0 saturated heterocycles. The van der Waals surface area contributed by atoms with Crippen molar-refractivity contribution in [1.82, 2.24) is 0 Å². The number of ether oxygens (including phenoxy) is 1. The number of halogens is 5. The lowest BCUT2D eigenvalue weighted by atomic mass is 10.4. The average Bonchev–Trinajstić information content (AvgIpc) is 1.55. The van der Waals surface area contributed by atoms with E-state index < -0.39 is 25.3 Å². The molecule has 0 amide bonds. The van der Waals surface area contributed by atoms with Gasteiger partial charge in [0, 0.05) is 6.92 Å². The van der Waals surface area contributed by atoms with E-state index in [0.29, 0.717) is 6.92 Å². The molecule has 0 saturated carbocycles. The SMILES string of the molecule is CC(F)(F)OCCC(F)(F)F. The van der Waals surface area contributed by atoms with Crippen molar-refractivity contribution in [3.63, 3.8) is 0 Å². The fourth-order valence-electron chi connectivity index (χ4n) is 0.346. The van der Waals surface area contributed by atoms with Crippen LogP contribution in [-0.2, 0) is 4.74 Å². The van der Waals surface area contributed by atoms with Gasteiger partial charge in [-0.3, -0.25) is 0 Å². The normalized spacial score (nSPS) is 13.6. The molecule has 0 radical (unpaired) electrons. The molecule has 0 aliphatic carbocycles. The Morgan fingerprint density at radius 3 is 1.82 bits per heavy atom. The van der Waals surface area contributed by atoms with Gasteiger partial charge in [-0.2, -0.15) is 22.0 Å². The van der Waals surface area contributed by atoms with Crippen molar-refractivity contribution in [2.45, 2.75) is 25.6 Å². The summed E-state index contributed by atoms with van der Waals surface area (Å²) in [6, 6.07) is 0. The molecule has 0 aromatic heterocycles. The summed E-state index contributed by atoms with van der Waals surface area (Å²) in [5.74, 6) is 0. The number of alkyl halides is 5. The molecule has 0 unspecified atom stereocenters. The first kappa shape index (κ1) is 10.6. The van der Waals surface area contributed by atoms with Gasteiger partial charge in [-0.25, -0.2) is 0 Å². The highest BCUT2D eigenvalue weighted by molar-refractivity contribution is 4.49. The van der Waals surface area contributed by atoms with Crippen molar-refractivity contribution < 1.29 is 26.7 Å². The molecule has 1 nitrogen and oxygen atoms in total. The first-order valence-electron chi connectivity index (χ1n) is 2.79. The molecule has 0 aromatic rings. The number of rotatable bonds is 3. The van der Waals surface area contributed by atoms with E-state index in [2.05, 4.69) is 4.74 Å². The third kappa shape index (κ3) is 9.61. The third-order valence-corrected chi connectivity index (χ3v) is 0.741. The Hall–Kier alpha value is -0.390.